The highest BCUT2D eigenvalue weighted by atomic mass is 35.5. The predicted octanol–water partition coefficient (Wildman–Crippen LogP) is 10.1. The Morgan fingerprint density at radius 1 is 0.500 bits per heavy atom. The Morgan fingerprint density at radius 3 is 1.27 bits per heavy atom. The van der Waals surface area contributed by atoms with Gasteiger partial charge in [0.1, 0.15) is 0 Å². The molecule has 0 spiro atoms. The summed E-state index contributed by atoms with van der Waals surface area (Å²) in [4.78, 5) is 2.58. The first-order chi connectivity index (χ1) is 14.7. The summed E-state index contributed by atoms with van der Waals surface area (Å²) < 4.78 is 0. The van der Waals surface area contributed by atoms with Crippen LogP contribution in [0.1, 0.15) is 156 Å². The van der Waals surface area contributed by atoms with Crippen LogP contribution in [0.3, 0.4) is 0 Å². The number of hydrogen-bond acceptors (Lipinski definition) is 1. The molecule has 0 heterocycles. The van der Waals surface area contributed by atoms with Gasteiger partial charge >= 0.3 is 0 Å². The van der Waals surface area contributed by atoms with Crippen LogP contribution in [0.5, 0.6) is 0 Å². The van der Waals surface area contributed by atoms with Crippen molar-refractivity contribution in [1.82, 2.24) is 4.90 Å². The zero-order chi connectivity index (χ0) is 22.1. The number of rotatable bonds is 25. The van der Waals surface area contributed by atoms with Crippen LogP contribution in [0, 0.1) is 0 Å². The number of unbranched alkanes of at least 4 members (excludes halogenated alkanes) is 18. The van der Waals surface area contributed by atoms with Gasteiger partial charge in [-0.3, -0.25) is 0 Å². The molecule has 0 bridgehead atoms. The molecule has 1 nitrogen and oxygen atoms in total. The van der Waals surface area contributed by atoms with Crippen molar-refractivity contribution in [2.24, 2.45) is 0 Å². The summed E-state index contributed by atoms with van der Waals surface area (Å²) >= 11 is 6.66. The SMILES string of the molecule is CCCCCCCCCCCCC(Cl)CN(CC)CCCCCCCCCCCC. The number of nitrogens with zero attached hydrogens (tertiary/aromatic N) is 1. The van der Waals surface area contributed by atoms with Crippen LogP contribution >= 0.6 is 11.6 Å². The molecule has 0 amide bonds. The summed E-state index contributed by atoms with van der Waals surface area (Å²) in [5, 5.41) is 0.349. The van der Waals surface area contributed by atoms with Crippen molar-refractivity contribution in [1.29, 1.82) is 0 Å². The summed E-state index contributed by atoms with van der Waals surface area (Å²) in [5.74, 6) is 0. The summed E-state index contributed by atoms with van der Waals surface area (Å²) in [6.45, 7) is 10.4. The summed E-state index contributed by atoms with van der Waals surface area (Å²) in [6.07, 6.45) is 29.5. The van der Waals surface area contributed by atoms with Gasteiger partial charge in [0.25, 0.3) is 0 Å². The van der Waals surface area contributed by atoms with Gasteiger partial charge in [0.2, 0.25) is 0 Å². The van der Waals surface area contributed by atoms with Gasteiger partial charge in [-0.05, 0) is 25.9 Å². The molecule has 0 saturated carbocycles. The molecule has 182 valence electrons. The van der Waals surface area contributed by atoms with Crippen molar-refractivity contribution in [3.05, 3.63) is 0 Å². The molecule has 0 aliphatic rings. The summed E-state index contributed by atoms with van der Waals surface area (Å²) in [6, 6.07) is 0. The maximum atomic E-state index is 6.66. The third kappa shape index (κ3) is 22.9. The lowest BCUT2D eigenvalue weighted by molar-refractivity contribution is 0.275. The quantitative estimate of drug-likeness (QED) is 0.100. The molecule has 0 aliphatic heterocycles. The molecule has 1 unspecified atom stereocenters. The lowest BCUT2D eigenvalue weighted by atomic mass is 10.0. The Bertz CT molecular complexity index is 307. The zero-order valence-corrected chi connectivity index (χ0v) is 22.1. The van der Waals surface area contributed by atoms with Gasteiger partial charge in [-0.2, -0.15) is 0 Å². The highest BCUT2D eigenvalue weighted by Crippen LogP contribution is 2.15. The molecule has 0 rings (SSSR count). The zero-order valence-electron chi connectivity index (χ0n) is 21.4. The minimum absolute atomic E-state index is 0.349. The molecule has 30 heavy (non-hydrogen) atoms. The second-order valence-corrected chi connectivity index (χ2v) is 10.3. The number of hydrogen-bond donors (Lipinski definition) is 0. The average molecular weight is 444 g/mol. The van der Waals surface area contributed by atoms with Crippen molar-refractivity contribution >= 4 is 11.6 Å². The number of halogens is 1. The first-order valence-electron chi connectivity index (χ1n) is 14.1. The molecular formula is C28H58ClN. The Morgan fingerprint density at radius 2 is 0.867 bits per heavy atom. The van der Waals surface area contributed by atoms with Crippen molar-refractivity contribution in [2.45, 2.75) is 161 Å². The van der Waals surface area contributed by atoms with Crippen LogP contribution < -0.4 is 0 Å². The van der Waals surface area contributed by atoms with Gasteiger partial charge in [-0.1, -0.05) is 143 Å². The minimum Gasteiger partial charge on any atom is -0.302 e. The van der Waals surface area contributed by atoms with Gasteiger partial charge in [-0.15, -0.1) is 11.6 Å². The Hall–Kier alpha value is 0.250. The van der Waals surface area contributed by atoms with E-state index in [0.717, 1.165) is 13.1 Å². The van der Waals surface area contributed by atoms with Gasteiger partial charge in [0.15, 0.2) is 0 Å². The van der Waals surface area contributed by atoms with Crippen molar-refractivity contribution in [2.75, 3.05) is 19.6 Å². The van der Waals surface area contributed by atoms with E-state index in [1.807, 2.05) is 0 Å². The van der Waals surface area contributed by atoms with E-state index in [2.05, 4.69) is 25.7 Å². The maximum Gasteiger partial charge on any atom is 0.0463 e. The highest BCUT2D eigenvalue weighted by Gasteiger charge is 2.10. The second-order valence-electron chi connectivity index (χ2n) is 9.64. The van der Waals surface area contributed by atoms with Crippen LogP contribution in [-0.4, -0.2) is 29.9 Å². The standard InChI is InChI=1S/C28H58ClN/c1-4-7-9-11-13-15-17-19-21-23-25-28(29)27-30(6-3)26-24-22-20-18-16-14-12-10-8-5-2/h28H,4-27H2,1-3H3. The van der Waals surface area contributed by atoms with Crippen LogP contribution in [0.15, 0.2) is 0 Å². The van der Waals surface area contributed by atoms with Crippen LogP contribution in [0.2, 0.25) is 0 Å². The first-order valence-corrected chi connectivity index (χ1v) is 14.5. The second kappa shape index (κ2) is 25.5. The molecule has 0 saturated heterocycles. The molecule has 0 N–H and O–H groups in total. The fraction of sp³-hybridized carbons (Fsp3) is 1.00. The fourth-order valence-electron chi connectivity index (χ4n) is 4.43. The van der Waals surface area contributed by atoms with E-state index < -0.39 is 0 Å². The minimum atomic E-state index is 0.349. The average Bonchev–Trinajstić information content (AvgIpc) is 2.75. The molecule has 0 fully saturated rings. The molecule has 0 aromatic rings. The van der Waals surface area contributed by atoms with Gasteiger partial charge < -0.3 is 4.90 Å². The van der Waals surface area contributed by atoms with Crippen molar-refractivity contribution in [3.8, 4) is 0 Å². The first kappa shape index (κ1) is 30.2. The van der Waals surface area contributed by atoms with Crippen LogP contribution in [0.4, 0.5) is 0 Å². The monoisotopic (exact) mass is 443 g/mol. The van der Waals surface area contributed by atoms with E-state index in [-0.39, 0.29) is 0 Å². The Kier molecular flexibility index (Phi) is 25.7. The van der Waals surface area contributed by atoms with E-state index in [1.165, 1.54) is 141 Å². The molecule has 0 aromatic carbocycles. The van der Waals surface area contributed by atoms with Crippen molar-refractivity contribution < 1.29 is 0 Å². The maximum absolute atomic E-state index is 6.66. The fourth-order valence-corrected chi connectivity index (χ4v) is 4.78. The normalized spacial score (nSPS) is 12.7. The summed E-state index contributed by atoms with van der Waals surface area (Å²) in [5.41, 5.74) is 0. The lowest BCUT2D eigenvalue weighted by Gasteiger charge is -2.23. The van der Waals surface area contributed by atoms with E-state index in [4.69, 9.17) is 11.6 Å². The molecule has 0 radical (unpaired) electrons. The highest BCUT2D eigenvalue weighted by molar-refractivity contribution is 6.20. The molecule has 0 aliphatic carbocycles. The van der Waals surface area contributed by atoms with E-state index in [0.29, 0.717) is 5.38 Å². The Balaban J connectivity index is 3.44. The topological polar surface area (TPSA) is 3.24 Å². The molecule has 2 heteroatoms. The molecular weight excluding hydrogens is 386 g/mol. The Labute approximate surface area is 197 Å². The van der Waals surface area contributed by atoms with E-state index in [9.17, 15) is 0 Å². The van der Waals surface area contributed by atoms with Crippen LogP contribution in [-0.2, 0) is 0 Å². The molecule has 0 aromatic heterocycles. The van der Waals surface area contributed by atoms with Crippen molar-refractivity contribution in [3.63, 3.8) is 0 Å². The summed E-state index contributed by atoms with van der Waals surface area (Å²) in [7, 11) is 0. The number of alkyl halides is 1. The van der Waals surface area contributed by atoms with E-state index in [1.54, 1.807) is 0 Å². The molecule has 1 atom stereocenters. The van der Waals surface area contributed by atoms with E-state index >= 15 is 0 Å². The third-order valence-electron chi connectivity index (χ3n) is 6.60. The smallest absolute Gasteiger partial charge is 0.0463 e. The van der Waals surface area contributed by atoms with Gasteiger partial charge in [0.05, 0.1) is 0 Å². The van der Waals surface area contributed by atoms with Crippen LogP contribution in [0.25, 0.3) is 0 Å². The predicted molar refractivity (Wildman–Crippen MR) is 140 cm³/mol. The third-order valence-corrected chi connectivity index (χ3v) is 6.96. The largest absolute Gasteiger partial charge is 0.302 e. The van der Waals surface area contributed by atoms with Gasteiger partial charge in [0, 0.05) is 11.9 Å². The lowest BCUT2D eigenvalue weighted by Crippen LogP contribution is -2.31. The van der Waals surface area contributed by atoms with Gasteiger partial charge in [-0.25, -0.2) is 0 Å².